The predicted molar refractivity (Wildman–Crippen MR) is 74.4 cm³/mol. The molecule has 3 heteroatoms. The standard InChI is InChI=1S/C14H29N3/c1-13(2,12(15)16)8-5-6-10-17-11-7-9-14(17,3)4/h5-11H2,1-4H3,(H3,15,16). The van der Waals surface area contributed by atoms with Gasteiger partial charge >= 0.3 is 0 Å². The second-order valence-corrected chi connectivity index (χ2v) is 6.66. The van der Waals surface area contributed by atoms with Crippen molar-refractivity contribution in [2.75, 3.05) is 13.1 Å². The summed E-state index contributed by atoms with van der Waals surface area (Å²) in [7, 11) is 0. The van der Waals surface area contributed by atoms with Crippen LogP contribution >= 0.6 is 0 Å². The fourth-order valence-electron chi connectivity index (χ4n) is 2.58. The summed E-state index contributed by atoms with van der Waals surface area (Å²) in [5, 5.41) is 7.53. The molecular formula is C14H29N3. The van der Waals surface area contributed by atoms with Crippen LogP contribution in [0.3, 0.4) is 0 Å². The van der Waals surface area contributed by atoms with Crippen molar-refractivity contribution in [3.05, 3.63) is 0 Å². The Bertz CT molecular complexity index is 269. The zero-order valence-corrected chi connectivity index (χ0v) is 12.0. The second-order valence-electron chi connectivity index (χ2n) is 6.66. The van der Waals surface area contributed by atoms with Crippen LogP contribution in [-0.4, -0.2) is 29.4 Å². The van der Waals surface area contributed by atoms with Gasteiger partial charge in [-0.3, -0.25) is 10.3 Å². The van der Waals surface area contributed by atoms with Crippen molar-refractivity contribution >= 4 is 5.84 Å². The smallest absolute Gasteiger partial charge is 0.0963 e. The Morgan fingerprint density at radius 2 is 2.00 bits per heavy atom. The van der Waals surface area contributed by atoms with Gasteiger partial charge in [0.05, 0.1) is 5.84 Å². The van der Waals surface area contributed by atoms with Crippen molar-refractivity contribution in [1.82, 2.24) is 4.90 Å². The highest BCUT2D eigenvalue weighted by atomic mass is 15.2. The number of hydrogen-bond donors (Lipinski definition) is 2. The highest BCUT2D eigenvalue weighted by Crippen LogP contribution is 2.29. The minimum atomic E-state index is -0.124. The molecule has 100 valence electrons. The molecule has 0 radical (unpaired) electrons. The first-order valence-electron chi connectivity index (χ1n) is 6.85. The van der Waals surface area contributed by atoms with Crippen LogP contribution in [0.15, 0.2) is 0 Å². The summed E-state index contributed by atoms with van der Waals surface area (Å²) in [5.41, 5.74) is 5.86. The molecule has 1 aliphatic rings. The lowest BCUT2D eigenvalue weighted by molar-refractivity contribution is 0.170. The molecule has 0 unspecified atom stereocenters. The van der Waals surface area contributed by atoms with Crippen LogP contribution in [0.25, 0.3) is 0 Å². The lowest BCUT2D eigenvalue weighted by atomic mass is 9.86. The minimum absolute atomic E-state index is 0.124. The monoisotopic (exact) mass is 239 g/mol. The molecule has 0 atom stereocenters. The summed E-state index contributed by atoms with van der Waals surface area (Å²) in [5.74, 6) is 0.319. The van der Waals surface area contributed by atoms with Crippen LogP contribution < -0.4 is 5.73 Å². The highest BCUT2D eigenvalue weighted by Gasteiger charge is 2.31. The van der Waals surface area contributed by atoms with Crippen molar-refractivity contribution < 1.29 is 0 Å². The van der Waals surface area contributed by atoms with Gasteiger partial charge in [0.2, 0.25) is 0 Å². The lowest BCUT2D eigenvalue weighted by Crippen LogP contribution is -2.38. The van der Waals surface area contributed by atoms with E-state index in [1.54, 1.807) is 0 Å². The number of hydrogen-bond acceptors (Lipinski definition) is 2. The van der Waals surface area contributed by atoms with E-state index in [4.69, 9.17) is 11.1 Å². The van der Waals surface area contributed by atoms with E-state index >= 15 is 0 Å². The fraction of sp³-hybridized carbons (Fsp3) is 0.929. The Hall–Kier alpha value is -0.570. The number of nitrogens with two attached hydrogens (primary N) is 1. The van der Waals surface area contributed by atoms with E-state index < -0.39 is 0 Å². The molecule has 1 heterocycles. The fourth-order valence-corrected chi connectivity index (χ4v) is 2.58. The van der Waals surface area contributed by atoms with Crippen LogP contribution in [0.5, 0.6) is 0 Å². The maximum Gasteiger partial charge on any atom is 0.0963 e. The summed E-state index contributed by atoms with van der Waals surface area (Å²) in [6, 6.07) is 0. The van der Waals surface area contributed by atoms with E-state index in [0.717, 1.165) is 6.42 Å². The molecular weight excluding hydrogens is 210 g/mol. The lowest BCUT2D eigenvalue weighted by Gasteiger charge is -2.32. The van der Waals surface area contributed by atoms with Gasteiger partial charge in [-0.05, 0) is 52.6 Å². The molecule has 1 aliphatic heterocycles. The van der Waals surface area contributed by atoms with Gasteiger partial charge in [-0.1, -0.05) is 20.3 Å². The Balaban J connectivity index is 2.23. The molecule has 1 fully saturated rings. The molecule has 0 bridgehead atoms. The van der Waals surface area contributed by atoms with Crippen molar-refractivity contribution in [3.8, 4) is 0 Å². The van der Waals surface area contributed by atoms with Gasteiger partial charge in [0.15, 0.2) is 0 Å². The molecule has 1 saturated heterocycles. The number of rotatable bonds is 6. The van der Waals surface area contributed by atoms with Crippen molar-refractivity contribution in [3.63, 3.8) is 0 Å². The molecule has 17 heavy (non-hydrogen) atoms. The molecule has 1 rings (SSSR count). The summed E-state index contributed by atoms with van der Waals surface area (Å²) in [6.07, 6.45) is 6.08. The van der Waals surface area contributed by atoms with Gasteiger partial charge in [-0.15, -0.1) is 0 Å². The number of likely N-dealkylation sites (tertiary alicyclic amines) is 1. The van der Waals surface area contributed by atoms with E-state index in [-0.39, 0.29) is 5.41 Å². The average molecular weight is 239 g/mol. The molecule has 0 aromatic heterocycles. The van der Waals surface area contributed by atoms with Gasteiger partial charge in [-0.2, -0.15) is 0 Å². The predicted octanol–water partition coefficient (Wildman–Crippen LogP) is 2.99. The third-order valence-corrected chi connectivity index (χ3v) is 4.28. The summed E-state index contributed by atoms with van der Waals surface area (Å²) in [6.45, 7) is 11.3. The van der Waals surface area contributed by atoms with Gasteiger partial charge < -0.3 is 5.73 Å². The third kappa shape index (κ3) is 3.98. The van der Waals surface area contributed by atoms with Crippen LogP contribution in [0, 0.1) is 10.8 Å². The first kappa shape index (κ1) is 14.5. The zero-order valence-electron chi connectivity index (χ0n) is 12.0. The molecule has 0 aliphatic carbocycles. The van der Waals surface area contributed by atoms with Gasteiger partial charge in [0.25, 0.3) is 0 Å². The maximum absolute atomic E-state index is 7.53. The van der Waals surface area contributed by atoms with Crippen LogP contribution in [-0.2, 0) is 0 Å². The van der Waals surface area contributed by atoms with Gasteiger partial charge in [0.1, 0.15) is 0 Å². The Morgan fingerprint density at radius 1 is 1.35 bits per heavy atom. The highest BCUT2D eigenvalue weighted by molar-refractivity contribution is 5.82. The van der Waals surface area contributed by atoms with E-state index in [0.29, 0.717) is 11.4 Å². The number of nitrogens with zero attached hydrogens (tertiary/aromatic N) is 1. The van der Waals surface area contributed by atoms with Crippen LogP contribution in [0.1, 0.15) is 59.8 Å². The van der Waals surface area contributed by atoms with Crippen molar-refractivity contribution in [1.29, 1.82) is 5.41 Å². The first-order valence-corrected chi connectivity index (χ1v) is 6.85. The Kier molecular flexibility index (Phi) is 4.59. The number of amidine groups is 1. The summed E-state index contributed by atoms with van der Waals surface area (Å²) in [4.78, 5) is 2.60. The van der Waals surface area contributed by atoms with E-state index in [1.165, 1.54) is 38.8 Å². The van der Waals surface area contributed by atoms with Gasteiger partial charge in [-0.25, -0.2) is 0 Å². The Morgan fingerprint density at radius 3 is 2.47 bits per heavy atom. The molecule has 0 spiro atoms. The van der Waals surface area contributed by atoms with Crippen LogP contribution in [0.4, 0.5) is 0 Å². The zero-order chi connectivity index (χ0) is 13.1. The normalized spacial score (nSPS) is 20.7. The van der Waals surface area contributed by atoms with Gasteiger partial charge in [0, 0.05) is 11.0 Å². The molecule has 0 amide bonds. The largest absolute Gasteiger partial charge is 0.387 e. The molecule has 0 aromatic rings. The van der Waals surface area contributed by atoms with Crippen molar-refractivity contribution in [2.24, 2.45) is 11.1 Å². The minimum Gasteiger partial charge on any atom is -0.387 e. The molecule has 0 saturated carbocycles. The summed E-state index contributed by atoms with van der Waals surface area (Å²) >= 11 is 0. The second kappa shape index (κ2) is 5.38. The molecule has 3 nitrogen and oxygen atoms in total. The first-order chi connectivity index (χ1) is 7.76. The topological polar surface area (TPSA) is 53.1 Å². The van der Waals surface area contributed by atoms with Crippen molar-refractivity contribution in [2.45, 2.75) is 65.3 Å². The summed E-state index contributed by atoms with van der Waals surface area (Å²) < 4.78 is 0. The van der Waals surface area contributed by atoms with E-state index in [2.05, 4.69) is 32.6 Å². The Labute approximate surface area is 106 Å². The maximum atomic E-state index is 7.53. The third-order valence-electron chi connectivity index (χ3n) is 4.28. The number of nitrogens with one attached hydrogen (secondary N) is 1. The van der Waals surface area contributed by atoms with E-state index in [9.17, 15) is 0 Å². The van der Waals surface area contributed by atoms with Crippen LogP contribution in [0.2, 0.25) is 0 Å². The molecule has 3 N–H and O–H groups in total. The SMILES string of the molecule is CC(C)(CCCCN1CCCC1(C)C)C(=N)N. The quantitative estimate of drug-likeness (QED) is 0.425. The number of unbranched alkanes of at least 4 members (excludes halogenated alkanes) is 1. The molecule has 0 aromatic carbocycles. The van der Waals surface area contributed by atoms with E-state index in [1.807, 2.05) is 0 Å². The average Bonchev–Trinajstić information content (AvgIpc) is 2.52.